The molecule has 1 atom stereocenters. The summed E-state index contributed by atoms with van der Waals surface area (Å²) in [6.07, 6.45) is 3.93. The fourth-order valence-corrected chi connectivity index (χ4v) is 5.31. The summed E-state index contributed by atoms with van der Waals surface area (Å²) < 4.78 is 14.5. The molecule has 1 unspecified atom stereocenters. The van der Waals surface area contributed by atoms with E-state index in [2.05, 4.69) is 49.3 Å². The van der Waals surface area contributed by atoms with E-state index in [1.54, 1.807) is 18.2 Å². The van der Waals surface area contributed by atoms with Crippen LogP contribution in [0.3, 0.4) is 0 Å². The van der Waals surface area contributed by atoms with E-state index < -0.39 is 5.82 Å². The Morgan fingerprint density at radius 3 is 2.00 bits per heavy atom. The molecule has 0 saturated heterocycles. The van der Waals surface area contributed by atoms with Crippen molar-refractivity contribution in [2.24, 2.45) is 5.92 Å². The average Bonchev–Trinajstić information content (AvgIpc) is 2.84. The molecule has 3 aromatic rings. The normalized spacial score (nSPS) is 18.7. The highest BCUT2D eigenvalue weighted by Gasteiger charge is 2.34. The minimum absolute atomic E-state index is 0. The highest BCUT2D eigenvalue weighted by molar-refractivity contribution is 5.94. The minimum Gasteiger partial charge on any atom is -0.331 e. The van der Waals surface area contributed by atoms with Crippen LogP contribution >= 0.6 is 12.4 Å². The van der Waals surface area contributed by atoms with Crippen LogP contribution in [-0.2, 0) is 6.54 Å². The molecule has 3 nitrogen and oxygen atoms in total. The Labute approximate surface area is 209 Å². The first-order valence-electron chi connectivity index (χ1n) is 11.9. The van der Waals surface area contributed by atoms with Crippen LogP contribution in [-0.4, -0.2) is 35.8 Å². The lowest BCUT2D eigenvalue weighted by molar-refractivity contribution is 0.0539. The van der Waals surface area contributed by atoms with Crippen molar-refractivity contribution in [3.05, 3.63) is 107 Å². The molecule has 1 aliphatic rings. The van der Waals surface area contributed by atoms with E-state index in [0.717, 1.165) is 31.2 Å². The van der Waals surface area contributed by atoms with E-state index in [0.29, 0.717) is 18.5 Å². The van der Waals surface area contributed by atoms with Crippen molar-refractivity contribution < 1.29 is 9.18 Å². The Kier molecular flexibility index (Phi) is 9.26. The van der Waals surface area contributed by atoms with E-state index in [-0.39, 0.29) is 29.9 Å². The molecule has 34 heavy (non-hydrogen) atoms. The van der Waals surface area contributed by atoms with Crippen molar-refractivity contribution in [2.45, 2.75) is 44.3 Å². The van der Waals surface area contributed by atoms with E-state index in [4.69, 9.17) is 0 Å². The first-order valence-corrected chi connectivity index (χ1v) is 11.9. The smallest absolute Gasteiger partial charge is 0.257 e. The Morgan fingerprint density at radius 1 is 0.853 bits per heavy atom. The van der Waals surface area contributed by atoms with Gasteiger partial charge in [-0.3, -0.25) is 4.79 Å². The molecule has 1 amide bonds. The second-order valence-electron chi connectivity index (χ2n) is 9.29. The van der Waals surface area contributed by atoms with Gasteiger partial charge in [-0.25, -0.2) is 4.39 Å². The van der Waals surface area contributed by atoms with Crippen molar-refractivity contribution in [1.29, 1.82) is 0 Å². The zero-order chi connectivity index (χ0) is 23.2. The standard InChI is InChI=1S/C29H33FN2O.ClH/c1-31(2)28(23-13-7-4-8-14-23)24-17-19-25(20-18-24)32(21-22-11-5-3-6-12-22)29(33)26-15-9-10-16-27(26)30;/h3-16,24-25,28H,17-21H2,1-2H3;1H. The van der Waals surface area contributed by atoms with Gasteiger partial charge in [-0.1, -0.05) is 72.8 Å². The fourth-order valence-electron chi connectivity index (χ4n) is 5.31. The third-order valence-electron chi connectivity index (χ3n) is 6.89. The van der Waals surface area contributed by atoms with Crippen LogP contribution in [0.5, 0.6) is 0 Å². The summed E-state index contributed by atoms with van der Waals surface area (Å²) >= 11 is 0. The molecule has 0 heterocycles. The molecule has 1 aliphatic carbocycles. The summed E-state index contributed by atoms with van der Waals surface area (Å²) in [5, 5.41) is 0. The van der Waals surface area contributed by atoms with Crippen LogP contribution in [0.15, 0.2) is 84.9 Å². The second-order valence-corrected chi connectivity index (χ2v) is 9.29. The summed E-state index contributed by atoms with van der Waals surface area (Å²) in [5.74, 6) is -0.139. The lowest BCUT2D eigenvalue weighted by Gasteiger charge is -2.41. The summed E-state index contributed by atoms with van der Waals surface area (Å²) in [7, 11) is 4.29. The quantitative estimate of drug-likeness (QED) is 0.373. The minimum atomic E-state index is -0.453. The van der Waals surface area contributed by atoms with E-state index in [9.17, 15) is 9.18 Å². The molecule has 0 N–H and O–H groups in total. The van der Waals surface area contributed by atoms with Gasteiger partial charge in [0.1, 0.15) is 5.82 Å². The Bertz CT molecular complexity index is 1040. The third-order valence-corrected chi connectivity index (χ3v) is 6.89. The zero-order valence-electron chi connectivity index (χ0n) is 19.9. The number of amides is 1. The molecule has 1 saturated carbocycles. The predicted octanol–water partition coefficient (Wildman–Crippen LogP) is 6.75. The number of carbonyl (C=O) groups is 1. The van der Waals surface area contributed by atoms with Gasteiger partial charge in [0.15, 0.2) is 0 Å². The average molecular weight is 481 g/mol. The lowest BCUT2D eigenvalue weighted by Crippen LogP contribution is -2.43. The van der Waals surface area contributed by atoms with Gasteiger partial charge >= 0.3 is 0 Å². The maximum atomic E-state index is 14.5. The van der Waals surface area contributed by atoms with Crippen LogP contribution in [0.2, 0.25) is 0 Å². The van der Waals surface area contributed by atoms with Gasteiger partial charge in [0.25, 0.3) is 5.91 Å². The predicted molar refractivity (Wildman–Crippen MR) is 139 cm³/mol. The maximum Gasteiger partial charge on any atom is 0.257 e. The van der Waals surface area contributed by atoms with Crippen molar-refractivity contribution in [3.8, 4) is 0 Å². The number of halogens is 2. The van der Waals surface area contributed by atoms with Gasteiger partial charge < -0.3 is 9.80 Å². The third kappa shape index (κ3) is 6.05. The molecular formula is C29H34ClFN2O. The van der Waals surface area contributed by atoms with Crippen molar-refractivity contribution >= 4 is 18.3 Å². The van der Waals surface area contributed by atoms with Gasteiger partial charge in [0, 0.05) is 18.6 Å². The van der Waals surface area contributed by atoms with Crippen molar-refractivity contribution in [1.82, 2.24) is 9.80 Å². The molecular weight excluding hydrogens is 447 g/mol. The Balaban J connectivity index is 0.00000324. The van der Waals surface area contributed by atoms with Crippen LogP contribution in [0.4, 0.5) is 4.39 Å². The van der Waals surface area contributed by atoms with Crippen LogP contribution in [0, 0.1) is 11.7 Å². The Hall–Kier alpha value is -2.69. The molecule has 0 spiro atoms. The monoisotopic (exact) mass is 480 g/mol. The van der Waals surface area contributed by atoms with Crippen molar-refractivity contribution in [3.63, 3.8) is 0 Å². The molecule has 1 fully saturated rings. The summed E-state index contributed by atoms with van der Waals surface area (Å²) in [6, 6.07) is 27.5. The molecule has 0 bridgehead atoms. The number of hydrogen-bond acceptors (Lipinski definition) is 2. The molecule has 5 heteroatoms. The molecule has 0 aliphatic heterocycles. The van der Waals surface area contributed by atoms with E-state index in [1.165, 1.54) is 11.6 Å². The molecule has 180 valence electrons. The molecule has 4 rings (SSSR count). The van der Waals surface area contributed by atoms with E-state index in [1.807, 2.05) is 35.2 Å². The first kappa shape index (κ1) is 25.9. The molecule has 0 aromatic heterocycles. The number of benzene rings is 3. The Morgan fingerprint density at radius 2 is 1.41 bits per heavy atom. The fraction of sp³-hybridized carbons (Fsp3) is 0.345. The van der Waals surface area contributed by atoms with Crippen LogP contribution in [0.1, 0.15) is 53.2 Å². The van der Waals surface area contributed by atoms with Gasteiger partial charge in [-0.05, 0) is 69.0 Å². The van der Waals surface area contributed by atoms with E-state index >= 15 is 0 Å². The van der Waals surface area contributed by atoms with Gasteiger partial charge in [0.05, 0.1) is 5.56 Å². The number of hydrogen-bond donors (Lipinski definition) is 0. The first-order chi connectivity index (χ1) is 16.0. The SMILES string of the molecule is CN(C)C(c1ccccc1)C1CCC(N(Cc2ccccc2)C(=O)c2ccccc2F)CC1.Cl. The lowest BCUT2D eigenvalue weighted by atomic mass is 9.78. The molecule has 3 aromatic carbocycles. The van der Waals surface area contributed by atoms with Crippen LogP contribution < -0.4 is 0 Å². The second kappa shape index (κ2) is 12.1. The largest absolute Gasteiger partial charge is 0.331 e. The number of nitrogens with zero attached hydrogens (tertiary/aromatic N) is 2. The highest BCUT2D eigenvalue weighted by Crippen LogP contribution is 2.39. The van der Waals surface area contributed by atoms with Gasteiger partial charge in [-0.15, -0.1) is 12.4 Å². The summed E-state index contributed by atoms with van der Waals surface area (Å²) in [6.45, 7) is 0.499. The maximum absolute atomic E-state index is 14.5. The summed E-state index contributed by atoms with van der Waals surface area (Å²) in [5.41, 5.74) is 2.57. The van der Waals surface area contributed by atoms with Gasteiger partial charge in [0.2, 0.25) is 0 Å². The van der Waals surface area contributed by atoms with Crippen molar-refractivity contribution in [2.75, 3.05) is 14.1 Å². The number of carbonyl (C=O) groups excluding carboxylic acids is 1. The van der Waals surface area contributed by atoms with Gasteiger partial charge in [-0.2, -0.15) is 0 Å². The zero-order valence-corrected chi connectivity index (χ0v) is 20.8. The summed E-state index contributed by atoms with van der Waals surface area (Å²) in [4.78, 5) is 17.7. The highest BCUT2D eigenvalue weighted by atomic mass is 35.5. The number of rotatable bonds is 7. The topological polar surface area (TPSA) is 23.6 Å². The molecule has 0 radical (unpaired) electrons. The van der Waals surface area contributed by atoms with Crippen LogP contribution in [0.25, 0.3) is 0 Å².